The summed E-state index contributed by atoms with van der Waals surface area (Å²) in [7, 11) is 0. The molecule has 0 aliphatic heterocycles. The molecule has 2 N–H and O–H groups in total. The predicted molar refractivity (Wildman–Crippen MR) is 84.1 cm³/mol. The quantitative estimate of drug-likeness (QED) is 0.663. The van der Waals surface area contributed by atoms with Crippen LogP contribution in [0.3, 0.4) is 0 Å². The largest absolute Gasteiger partial charge is 0.508 e. The Balaban J connectivity index is 2.15. The van der Waals surface area contributed by atoms with Gasteiger partial charge >= 0.3 is 0 Å². The van der Waals surface area contributed by atoms with Crippen molar-refractivity contribution in [1.82, 2.24) is 4.37 Å². The van der Waals surface area contributed by atoms with Crippen LogP contribution in [0.1, 0.15) is 16.0 Å². The van der Waals surface area contributed by atoms with Gasteiger partial charge in [-0.3, -0.25) is 0 Å². The molecule has 0 aliphatic rings. The summed E-state index contributed by atoms with van der Waals surface area (Å²) in [5.41, 5.74) is 2.47. The van der Waals surface area contributed by atoms with Crippen molar-refractivity contribution in [2.45, 2.75) is 11.9 Å². The number of rotatable bonds is 4. The minimum Gasteiger partial charge on any atom is -0.508 e. The van der Waals surface area contributed by atoms with E-state index < -0.39 is 0 Å². The molecule has 0 saturated heterocycles. The van der Waals surface area contributed by atoms with Crippen LogP contribution in [0.4, 0.5) is 5.69 Å². The number of thioether (sulfide) groups is 1. The number of aromatic hydroxyl groups is 1. The highest BCUT2D eigenvalue weighted by molar-refractivity contribution is 7.98. The number of phenolic OH excluding ortho intramolecular Hbond substituents is 1. The van der Waals surface area contributed by atoms with E-state index in [1.165, 1.54) is 23.3 Å². The van der Waals surface area contributed by atoms with Gasteiger partial charge in [-0.2, -0.15) is 9.64 Å². The Hall–Kier alpha value is -1.97. The Morgan fingerprint density at radius 2 is 2.30 bits per heavy atom. The maximum atomic E-state index is 9.35. The van der Waals surface area contributed by atoms with Crippen LogP contribution in [0, 0.1) is 18.3 Å². The van der Waals surface area contributed by atoms with Crippen LogP contribution < -0.4 is 5.32 Å². The second-order valence-corrected chi connectivity index (χ2v) is 5.62. The van der Waals surface area contributed by atoms with E-state index in [-0.39, 0.29) is 5.75 Å². The number of benzene rings is 1. The van der Waals surface area contributed by atoms with Crippen LogP contribution >= 0.6 is 23.3 Å². The number of phenols is 1. The molecule has 0 bridgehead atoms. The maximum Gasteiger partial charge on any atom is 0.128 e. The lowest BCUT2D eigenvalue weighted by Gasteiger charge is -2.05. The van der Waals surface area contributed by atoms with E-state index in [0.717, 1.165) is 21.2 Å². The van der Waals surface area contributed by atoms with Gasteiger partial charge in [-0.15, -0.1) is 11.8 Å². The fraction of sp³-hybridized carbons (Fsp3) is 0.143. The first-order chi connectivity index (χ1) is 9.65. The normalized spacial score (nSPS) is 10.7. The molecule has 2 aromatic rings. The van der Waals surface area contributed by atoms with Gasteiger partial charge in [0.2, 0.25) is 0 Å². The number of hydrogen-bond acceptors (Lipinski definition) is 6. The fourth-order valence-corrected chi connectivity index (χ4v) is 3.13. The first-order valence-electron chi connectivity index (χ1n) is 5.82. The van der Waals surface area contributed by atoms with E-state index in [2.05, 4.69) is 15.8 Å². The number of hydrogen-bond donors (Lipinski definition) is 2. The number of nitrogens with zero attached hydrogens (tertiary/aromatic N) is 2. The van der Waals surface area contributed by atoms with Crippen molar-refractivity contribution in [1.29, 1.82) is 5.26 Å². The zero-order valence-electron chi connectivity index (χ0n) is 11.0. The van der Waals surface area contributed by atoms with Crippen LogP contribution in [0.2, 0.25) is 0 Å². The van der Waals surface area contributed by atoms with Crippen molar-refractivity contribution >= 4 is 35.1 Å². The van der Waals surface area contributed by atoms with E-state index >= 15 is 0 Å². The molecule has 0 saturated carbocycles. The Morgan fingerprint density at radius 1 is 1.50 bits per heavy atom. The molecule has 0 spiro atoms. The zero-order valence-corrected chi connectivity index (χ0v) is 12.7. The molecule has 6 heteroatoms. The molecule has 0 atom stereocenters. The second kappa shape index (κ2) is 6.46. The van der Waals surface area contributed by atoms with Crippen molar-refractivity contribution in [2.24, 2.45) is 0 Å². The summed E-state index contributed by atoms with van der Waals surface area (Å²) in [5, 5.41) is 22.4. The molecule has 0 fully saturated rings. The lowest BCUT2D eigenvalue weighted by atomic mass is 10.2. The molecule has 2 rings (SSSR count). The summed E-state index contributed by atoms with van der Waals surface area (Å²) < 4.78 is 4.23. The highest BCUT2D eigenvalue weighted by Gasteiger charge is 2.09. The summed E-state index contributed by atoms with van der Waals surface area (Å²) in [6.45, 7) is 1.91. The third-order valence-electron chi connectivity index (χ3n) is 2.68. The summed E-state index contributed by atoms with van der Waals surface area (Å²) in [4.78, 5) is 0.834. The Morgan fingerprint density at radius 3 is 2.95 bits per heavy atom. The van der Waals surface area contributed by atoms with Crippen molar-refractivity contribution in [3.63, 3.8) is 0 Å². The SMILES string of the molecule is CSc1nsc(/C=C/Nc2ccc(O)cc2C)c1C#N. The molecular weight excluding hydrogens is 290 g/mol. The van der Waals surface area contributed by atoms with Gasteiger partial charge in [0.05, 0.1) is 4.88 Å². The van der Waals surface area contributed by atoms with Crippen molar-refractivity contribution < 1.29 is 5.11 Å². The Kier molecular flexibility index (Phi) is 4.66. The number of nitrogens with one attached hydrogen (secondary N) is 1. The highest BCUT2D eigenvalue weighted by atomic mass is 32.2. The minimum atomic E-state index is 0.246. The summed E-state index contributed by atoms with van der Waals surface area (Å²) in [6, 6.07) is 7.30. The fourth-order valence-electron chi connectivity index (χ4n) is 1.66. The van der Waals surface area contributed by atoms with Gasteiger partial charge in [0.25, 0.3) is 0 Å². The first-order valence-corrected chi connectivity index (χ1v) is 7.82. The highest BCUT2D eigenvalue weighted by Crippen LogP contribution is 2.26. The van der Waals surface area contributed by atoms with E-state index in [1.54, 1.807) is 24.4 Å². The molecule has 0 unspecified atom stereocenters. The second-order valence-electron chi connectivity index (χ2n) is 4.02. The molecule has 102 valence electrons. The van der Waals surface area contributed by atoms with Crippen molar-refractivity contribution in [3.05, 3.63) is 40.4 Å². The molecule has 0 aliphatic carbocycles. The number of nitriles is 1. The average Bonchev–Trinajstić information content (AvgIpc) is 2.83. The molecule has 1 heterocycles. The molecule has 0 amide bonds. The lowest BCUT2D eigenvalue weighted by molar-refractivity contribution is 0.475. The van der Waals surface area contributed by atoms with Crippen molar-refractivity contribution in [2.75, 3.05) is 11.6 Å². The topological polar surface area (TPSA) is 68.9 Å². The minimum absolute atomic E-state index is 0.246. The molecule has 1 aromatic heterocycles. The van der Waals surface area contributed by atoms with Gasteiger partial charge in [0.1, 0.15) is 22.4 Å². The summed E-state index contributed by atoms with van der Waals surface area (Å²) in [5.74, 6) is 0.246. The summed E-state index contributed by atoms with van der Waals surface area (Å²) >= 11 is 2.78. The van der Waals surface area contributed by atoms with Gasteiger partial charge in [-0.1, -0.05) is 0 Å². The van der Waals surface area contributed by atoms with E-state index in [1.807, 2.05) is 19.3 Å². The number of aromatic nitrogens is 1. The van der Waals surface area contributed by atoms with Crippen LogP contribution in [-0.2, 0) is 0 Å². The lowest BCUT2D eigenvalue weighted by Crippen LogP contribution is -1.90. The van der Waals surface area contributed by atoms with Gasteiger partial charge in [0.15, 0.2) is 0 Å². The molecule has 1 aromatic carbocycles. The standard InChI is InChI=1S/C14H13N3OS2/c1-9-7-10(18)3-4-12(9)16-6-5-13-11(8-15)14(19-2)17-20-13/h3-7,16,18H,1-2H3/b6-5+. The van der Waals surface area contributed by atoms with Gasteiger partial charge in [-0.05, 0) is 54.6 Å². The zero-order chi connectivity index (χ0) is 14.5. The molecule has 20 heavy (non-hydrogen) atoms. The van der Waals surface area contributed by atoms with Crippen molar-refractivity contribution in [3.8, 4) is 11.8 Å². The molecule has 4 nitrogen and oxygen atoms in total. The third-order valence-corrected chi connectivity index (χ3v) is 4.28. The van der Waals surface area contributed by atoms with E-state index in [0.29, 0.717) is 5.56 Å². The average molecular weight is 303 g/mol. The van der Waals surface area contributed by atoms with Crippen LogP contribution in [0.15, 0.2) is 29.4 Å². The monoisotopic (exact) mass is 303 g/mol. The third kappa shape index (κ3) is 3.13. The Labute approximate surface area is 125 Å². The Bertz CT molecular complexity index is 686. The van der Waals surface area contributed by atoms with E-state index in [9.17, 15) is 5.11 Å². The van der Waals surface area contributed by atoms with Gasteiger partial charge < -0.3 is 10.4 Å². The molecule has 0 radical (unpaired) electrons. The maximum absolute atomic E-state index is 9.35. The predicted octanol–water partition coefficient (Wildman–Crippen LogP) is 3.83. The van der Waals surface area contributed by atoms with E-state index in [4.69, 9.17) is 5.26 Å². The van der Waals surface area contributed by atoms with Crippen LogP contribution in [0.25, 0.3) is 6.08 Å². The van der Waals surface area contributed by atoms with Gasteiger partial charge in [0, 0.05) is 11.9 Å². The van der Waals surface area contributed by atoms with Crippen LogP contribution in [-0.4, -0.2) is 15.7 Å². The smallest absolute Gasteiger partial charge is 0.128 e. The number of anilines is 1. The van der Waals surface area contributed by atoms with Crippen LogP contribution in [0.5, 0.6) is 5.75 Å². The van der Waals surface area contributed by atoms with Gasteiger partial charge in [-0.25, -0.2) is 0 Å². The number of aryl methyl sites for hydroxylation is 1. The molecular formula is C14H13N3OS2. The first kappa shape index (κ1) is 14.4. The summed E-state index contributed by atoms with van der Waals surface area (Å²) in [6.07, 6.45) is 5.52.